The van der Waals surface area contributed by atoms with Gasteiger partial charge in [0.2, 0.25) is 5.78 Å². The molecule has 0 fully saturated rings. The van der Waals surface area contributed by atoms with Crippen molar-refractivity contribution in [3.05, 3.63) is 45.9 Å². The highest BCUT2D eigenvalue weighted by atomic mass is 32.1. The molecular weight excluding hydrogens is 298 g/mol. The SMILES string of the molecule is Cc1nc(C(=O)C(C#N)c2ccc(OC(F)F)cc2)cs1. The molecule has 0 N–H and O–H groups in total. The van der Waals surface area contributed by atoms with Gasteiger partial charge >= 0.3 is 6.61 Å². The number of Topliss-reactive ketones (excluding diaryl/α,β-unsaturated/α-hetero) is 1. The molecule has 21 heavy (non-hydrogen) atoms. The van der Waals surface area contributed by atoms with Gasteiger partial charge in [-0.2, -0.15) is 14.0 Å². The Morgan fingerprint density at radius 2 is 2.05 bits per heavy atom. The molecule has 0 aliphatic rings. The Balaban J connectivity index is 2.21. The Labute approximate surface area is 123 Å². The third-order valence-corrected chi connectivity index (χ3v) is 3.47. The van der Waals surface area contributed by atoms with Crippen LogP contribution in [-0.2, 0) is 0 Å². The number of carbonyl (C=O) groups is 1. The van der Waals surface area contributed by atoms with Gasteiger partial charge in [0.15, 0.2) is 0 Å². The minimum atomic E-state index is -2.91. The number of ether oxygens (including phenoxy) is 1. The van der Waals surface area contributed by atoms with Crippen molar-refractivity contribution in [1.29, 1.82) is 5.26 Å². The number of alkyl halides is 2. The summed E-state index contributed by atoms with van der Waals surface area (Å²) in [5, 5.41) is 11.5. The molecule has 0 saturated carbocycles. The van der Waals surface area contributed by atoms with Crippen LogP contribution < -0.4 is 4.74 Å². The summed E-state index contributed by atoms with van der Waals surface area (Å²) in [4.78, 5) is 16.3. The fraction of sp³-hybridized carbons (Fsp3) is 0.214. The van der Waals surface area contributed by atoms with E-state index in [1.54, 1.807) is 12.3 Å². The highest BCUT2D eigenvalue weighted by molar-refractivity contribution is 7.09. The molecular formula is C14H10F2N2O2S. The quantitative estimate of drug-likeness (QED) is 0.793. The van der Waals surface area contributed by atoms with Gasteiger partial charge in [0.25, 0.3) is 0 Å². The van der Waals surface area contributed by atoms with E-state index >= 15 is 0 Å². The van der Waals surface area contributed by atoms with Gasteiger partial charge in [0.1, 0.15) is 17.4 Å². The maximum absolute atomic E-state index is 12.2. The topological polar surface area (TPSA) is 63.0 Å². The van der Waals surface area contributed by atoms with E-state index < -0.39 is 18.3 Å². The third-order valence-electron chi connectivity index (χ3n) is 2.70. The van der Waals surface area contributed by atoms with Gasteiger partial charge in [0.05, 0.1) is 11.1 Å². The average Bonchev–Trinajstić information content (AvgIpc) is 2.87. The summed E-state index contributed by atoms with van der Waals surface area (Å²) < 4.78 is 28.3. The van der Waals surface area contributed by atoms with Gasteiger partial charge in [0, 0.05) is 5.38 Å². The Bertz CT molecular complexity index is 677. The second-order valence-electron chi connectivity index (χ2n) is 4.13. The Hall–Kier alpha value is -2.33. The number of aromatic nitrogens is 1. The summed E-state index contributed by atoms with van der Waals surface area (Å²) >= 11 is 1.32. The van der Waals surface area contributed by atoms with Crippen LogP contribution in [0, 0.1) is 18.3 Å². The normalized spacial score (nSPS) is 12.0. The highest BCUT2D eigenvalue weighted by Crippen LogP contribution is 2.24. The maximum Gasteiger partial charge on any atom is 0.387 e. The van der Waals surface area contributed by atoms with Crippen molar-refractivity contribution in [2.75, 3.05) is 0 Å². The lowest BCUT2D eigenvalue weighted by Gasteiger charge is -2.09. The average molecular weight is 308 g/mol. The summed E-state index contributed by atoms with van der Waals surface area (Å²) in [6.07, 6.45) is 0. The number of rotatable bonds is 5. The zero-order chi connectivity index (χ0) is 15.4. The van der Waals surface area contributed by atoms with E-state index in [0.29, 0.717) is 5.56 Å². The first kappa shape index (κ1) is 15.1. The van der Waals surface area contributed by atoms with E-state index in [4.69, 9.17) is 0 Å². The fourth-order valence-electron chi connectivity index (χ4n) is 1.75. The molecule has 0 radical (unpaired) electrons. The van der Waals surface area contributed by atoms with E-state index in [1.165, 1.54) is 35.6 Å². The van der Waals surface area contributed by atoms with Crippen LogP contribution >= 0.6 is 11.3 Å². The van der Waals surface area contributed by atoms with Crippen molar-refractivity contribution in [3.8, 4) is 11.8 Å². The van der Waals surface area contributed by atoms with Crippen LogP contribution in [0.3, 0.4) is 0 Å². The van der Waals surface area contributed by atoms with Gasteiger partial charge < -0.3 is 4.74 Å². The van der Waals surface area contributed by atoms with Crippen LogP contribution in [0.15, 0.2) is 29.6 Å². The van der Waals surface area contributed by atoms with Crippen LogP contribution in [-0.4, -0.2) is 17.4 Å². The van der Waals surface area contributed by atoms with Gasteiger partial charge in [-0.25, -0.2) is 4.98 Å². The zero-order valence-corrected chi connectivity index (χ0v) is 11.7. The molecule has 1 aromatic carbocycles. The maximum atomic E-state index is 12.2. The minimum Gasteiger partial charge on any atom is -0.435 e. The smallest absolute Gasteiger partial charge is 0.387 e. The van der Waals surface area contributed by atoms with E-state index in [0.717, 1.165) is 5.01 Å². The molecule has 0 spiro atoms. The first-order valence-corrected chi connectivity index (χ1v) is 6.80. The molecule has 1 unspecified atom stereocenters. The van der Waals surface area contributed by atoms with Crippen molar-refractivity contribution in [2.24, 2.45) is 0 Å². The molecule has 1 heterocycles. The lowest BCUT2D eigenvalue weighted by atomic mass is 9.95. The summed E-state index contributed by atoms with van der Waals surface area (Å²) in [6.45, 7) is -1.15. The number of halogens is 2. The molecule has 2 aromatic rings. The number of nitrogens with zero attached hydrogens (tertiary/aromatic N) is 2. The lowest BCUT2D eigenvalue weighted by Crippen LogP contribution is -2.12. The molecule has 7 heteroatoms. The predicted octanol–water partition coefficient (Wildman–Crippen LogP) is 3.54. The van der Waals surface area contributed by atoms with E-state index in [-0.39, 0.29) is 11.4 Å². The van der Waals surface area contributed by atoms with Crippen molar-refractivity contribution in [3.63, 3.8) is 0 Å². The molecule has 0 aliphatic carbocycles. The number of hydrogen-bond donors (Lipinski definition) is 0. The molecule has 0 saturated heterocycles. The Morgan fingerprint density at radius 3 is 2.52 bits per heavy atom. The summed E-state index contributed by atoms with van der Waals surface area (Å²) in [7, 11) is 0. The molecule has 108 valence electrons. The first-order chi connectivity index (χ1) is 10.0. The van der Waals surface area contributed by atoms with Gasteiger partial charge in [-0.05, 0) is 24.6 Å². The number of carbonyl (C=O) groups excluding carboxylic acids is 1. The van der Waals surface area contributed by atoms with Crippen LogP contribution in [0.5, 0.6) is 5.75 Å². The van der Waals surface area contributed by atoms with E-state index in [2.05, 4.69) is 9.72 Å². The lowest BCUT2D eigenvalue weighted by molar-refractivity contribution is -0.0498. The summed E-state index contributed by atoms with van der Waals surface area (Å²) in [5.41, 5.74) is 0.645. The van der Waals surface area contributed by atoms with Crippen molar-refractivity contribution in [2.45, 2.75) is 19.5 Å². The molecule has 0 bridgehead atoms. The molecule has 1 aromatic heterocycles. The molecule has 0 aliphatic heterocycles. The van der Waals surface area contributed by atoms with Crippen LogP contribution in [0.1, 0.15) is 27.0 Å². The van der Waals surface area contributed by atoms with Gasteiger partial charge in [-0.15, -0.1) is 11.3 Å². The standard InChI is InChI=1S/C14H10F2N2O2S/c1-8-18-12(7-21-8)13(19)11(6-17)9-2-4-10(5-3-9)20-14(15)16/h2-5,7,11,14H,1H3. The number of thiazole rings is 1. The van der Waals surface area contributed by atoms with Crippen LogP contribution in [0.2, 0.25) is 0 Å². The number of hydrogen-bond acceptors (Lipinski definition) is 5. The largest absolute Gasteiger partial charge is 0.435 e. The predicted molar refractivity (Wildman–Crippen MR) is 72.6 cm³/mol. The van der Waals surface area contributed by atoms with Crippen molar-refractivity contribution >= 4 is 17.1 Å². The fourth-order valence-corrected chi connectivity index (χ4v) is 2.35. The molecule has 1 atom stereocenters. The van der Waals surface area contributed by atoms with Crippen LogP contribution in [0.25, 0.3) is 0 Å². The van der Waals surface area contributed by atoms with Crippen LogP contribution in [0.4, 0.5) is 8.78 Å². The zero-order valence-electron chi connectivity index (χ0n) is 10.9. The highest BCUT2D eigenvalue weighted by Gasteiger charge is 2.23. The molecule has 4 nitrogen and oxygen atoms in total. The first-order valence-electron chi connectivity index (χ1n) is 5.92. The number of ketones is 1. The summed E-state index contributed by atoms with van der Waals surface area (Å²) in [5.74, 6) is -1.46. The molecule has 2 rings (SSSR count). The summed E-state index contributed by atoms with van der Waals surface area (Å²) in [6, 6.07) is 7.35. The minimum absolute atomic E-state index is 0.0256. The second-order valence-corrected chi connectivity index (χ2v) is 5.19. The van der Waals surface area contributed by atoms with Gasteiger partial charge in [-0.1, -0.05) is 12.1 Å². The Kier molecular flexibility index (Phi) is 4.60. The Morgan fingerprint density at radius 1 is 1.38 bits per heavy atom. The van der Waals surface area contributed by atoms with E-state index in [9.17, 15) is 18.8 Å². The number of benzene rings is 1. The van der Waals surface area contributed by atoms with Crippen molar-refractivity contribution in [1.82, 2.24) is 4.98 Å². The second kappa shape index (κ2) is 6.41. The number of aryl methyl sites for hydroxylation is 1. The monoisotopic (exact) mass is 308 g/mol. The van der Waals surface area contributed by atoms with E-state index in [1.807, 2.05) is 6.07 Å². The van der Waals surface area contributed by atoms with Gasteiger partial charge in [-0.3, -0.25) is 4.79 Å². The number of nitriles is 1. The van der Waals surface area contributed by atoms with Crippen molar-refractivity contribution < 1.29 is 18.3 Å². The molecule has 0 amide bonds. The third kappa shape index (κ3) is 3.61.